The van der Waals surface area contributed by atoms with E-state index in [1.807, 2.05) is 6.92 Å². The van der Waals surface area contributed by atoms with Gasteiger partial charge in [-0.15, -0.1) is 0 Å². The van der Waals surface area contributed by atoms with Crippen LogP contribution in [0.15, 0.2) is 29.3 Å². The molecule has 2 heterocycles. The van der Waals surface area contributed by atoms with Crippen molar-refractivity contribution in [2.24, 2.45) is 0 Å². The highest BCUT2D eigenvalue weighted by molar-refractivity contribution is 7.88. The Balaban J connectivity index is 2.22. The zero-order chi connectivity index (χ0) is 14.8. The summed E-state index contributed by atoms with van der Waals surface area (Å²) in [6, 6.07) is 2.99. The summed E-state index contributed by atoms with van der Waals surface area (Å²) in [7, 11) is -3.28. The van der Waals surface area contributed by atoms with E-state index >= 15 is 0 Å². The molecule has 0 radical (unpaired) electrons. The maximum Gasteiger partial charge on any atom is 0.266 e. The van der Waals surface area contributed by atoms with Crippen LogP contribution in [-0.4, -0.2) is 40.5 Å². The zero-order valence-electron chi connectivity index (χ0n) is 11.1. The Hall–Kier alpha value is -2.00. The molecule has 0 amide bonds. The largest absolute Gasteiger partial charge is 0.287 e. The van der Waals surface area contributed by atoms with Crippen molar-refractivity contribution >= 4 is 10.0 Å². The number of sulfonamides is 1. The first kappa shape index (κ1) is 14.4. The second-order valence-corrected chi connectivity index (χ2v) is 6.10. The molecule has 0 spiro atoms. The Bertz CT molecular complexity index is 762. The van der Waals surface area contributed by atoms with Crippen LogP contribution >= 0.6 is 0 Å². The van der Waals surface area contributed by atoms with E-state index in [2.05, 4.69) is 14.8 Å². The summed E-state index contributed by atoms with van der Waals surface area (Å²) in [6.07, 6.45) is 4.44. The average Bonchev–Trinajstić information content (AvgIpc) is 2.76. The smallest absolute Gasteiger partial charge is 0.266 e. The van der Waals surface area contributed by atoms with Crippen molar-refractivity contribution in [3.63, 3.8) is 0 Å². The van der Waals surface area contributed by atoms with Crippen LogP contribution in [0.5, 0.6) is 0 Å². The molecule has 2 aromatic rings. The molecule has 0 fully saturated rings. The lowest BCUT2D eigenvalue weighted by molar-refractivity contribution is 0.547. The molecule has 2 aromatic heterocycles. The molecule has 20 heavy (non-hydrogen) atoms. The predicted octanol–water partition coefficient (Wildman–Crippen LogP) is -0.713. The normalized spacial score (nSPS) is 11.7. The highest BCUT2D eigenvalue weighted by Gasteiger charge is 2.06. The summed E-state index contributed by atoms with van der Waals surface area (Å²) in [5.41, 5.74) is -0.290. The van der Waals surface area contributed by atoms with E-state index in [4.69, 9.17) is 0 Å². The molecule has 0 atom stereocenters. The maximum absolute atomic E-state index is 11.7. The number of imidazole rings is 1. The number of hydrogen-bond acceptors (Lipinski definition) is 5. The van der Waals surface area contributed by atoms with Gasteiger partial charge in [0.2, 0.25) is 10.0 Å². The van der Waals surface area contributed by atoms with E-state index in [1.54, 1.807) is 23.0 Å². The fourth-order valence-electron chi connectivity index (χ4n) is 1.68. The van der Waals surface area contributed by atoms with Crippen LogP contribution < -0.4 is 10.3 Å². The lowest BCUT2D eigenvalue weighted by atomic mass is 10.5. The number of rotatable bonds is 5. The van der Waals surface area contributed by atoms with Gasteiger partial charge in [-0.2, -0.15) is 5.10 Å². The van der Waals surface area contributed by atoms with E-state index in [0.717, 1.165) is 12.1 Å². The van der Waals surface area contributed by atoms with Gasteiger partial charge in [0.15, 0.2) is 5.82 Å². The van der Waals surface area contributed by atoms with E-state index in [-0.39, 0.29) is 18.6 Å². The van der Waals surface area contributed by atoms with Crippen LogP contribution in [0.4, 0.5) is 0 Å². The Morgan fingerprint density at radius 3 is 2.70 bits per heavy atom. The van der Waals surface area contributed by atoms with Crippen LogP contribution in [0.3, 0.4) is 0 Å². The SMILES string of the molecule is Cc1nccn1-c1ccc(=O)n(CCNS(C)(=O)=O)n1. The van der Waals surface area contributed by atoms with E-state index in [9.17, 15) is 13.2 Å². The van der Waals surface area contributed by atoms with Crippen LogP contribution in [0.2, 0.25) is 0 Å². The van der Waals surface area contributed by atoms with Crippen LogP contribution in [0, 0.1) is 6.92 Å². The van der Waals surface area contributed by atoms with E-state index in [1.165, 1.54) is 10.7 Å². The third kappa shape index (κ3) is 3.52. The summed E-state index contributed by atoms with van der Waals surface area (Å²) in [6.45, 7) is 2.09. The van der Waals surface area contributed by atoms with E-state index in [0.29, 0.717) is 5.82 Å². The number of hydrogen-bond donors (Lipinski definition) is 1. The van der Waals surface area contributed by atoms with Crippen LogP contribution in [0.25, 0.3) is 5.82 Å². The second kappa shape index (κ2) is 5.55. The van der Waals surface area contributed by atoms with Crippen molar-refractivity contribution in [3.8, 4) is 5.82 Å². The molecule has 0 aliphatic carbocycles. The quantitative estimate of drug-likeness (QED) is 0.786. The van der Waals surface area contributed by atoms with Gasteiger partial charge in [-0.1, -0.05) is 0 Å². The third-order valence-corrected chi connectivity index (χ3v) is 3.34. The first-order valence-corrected chi connectivity index (χ1v) is 7.79. The van der Waals surface area contributed by atoms with Gasteiger partial charge >= 0.3 is 0 Å². The van der Waals surface area contributed by atoms with Gasteiger partial charge in [0, 0.05) is 25.0 Å². The molecule has 108 valence electrons. The Labute approximate surface area is 116 Å². The first-order chi connectivity index (χ1) is 9.37. The molecule has 2 rings (SSSR count). The highest BCUT2D eigenvalue weighted by atomic mass is 32.2. The van der Waals surface area contributed by atoms with Crippen molar-refractivity contribution in [2.75, 3.05) is 12.8 Å². The van der Waals surface area contributed by atoms with Crippen molar-refractivity contribution in [1.82, 2.24) is 24.1 Å². The minimum atomic E-state index is -3.28. The van der Waals surface area contributed by atoms with Gasteiger partial charge in [-0.3, -0.25) is 9.36 Å². The Morgan fingerprint density at radius 2 is 2.10 bits per heavy atom. The highest BCUT2D eigenvalue weighted by Crippen LogP contribution is 2.04. The number of nitrogens with zero attached hydrogens (tertiary/aromatic N) is 4. The Morgan fingerprint density at radius 1 is 1.35 bits per heavy atom. The lowest BCUT2D eigenvalue weighted by Gasteiger charge is -2.08. The zero-order valence-corrected chi connectivity index (χ0v) is 12.0. The molecular formula is C11H15N5O3S. The molecule has 1 N–H and O–H groups in total. The molecule has 9 heteroatoms. The molecule has 0 bridgehead atoms. The summed E-state index contributed by atoms with van der Waals surface area (Å²) in [5, 5.41) is 4.19. The molecule has 0 unspecified atom stereocenters. The summed E-state index contributed by atoms with van der Waals surface area (Å²) < 4.78 is 27.2. The lowest BCUT2D eigenvalue weighted by Crippen LogP contribution is -2.31. The van der Waals surface area contributed by atoms with Crippen molar-refractivity contribution in [1.29, 1.82) is 0 Å². The number of aryl methyl sites for hydroxylation is 1. The van der Waals surface area contributed by atoms with Gasteiger partial charge in [-0.05, 0) is 13.0 Å². The summed E-state index contributed by atoms with van der Waals surface area (Å²) >= 11 is 0. The molecule has 8 nitrogen and oxygen atoms in total. The summed E-state index contributed by atoms with van der Waals surface area (Å²) in [5.74, 6) is 1.30. The molecule has 0 aliphatic heterocycles. The van der Waals surface area contributed by atoms with Gasteiger partial charge in [0.05, 0.1) is 12.8 Å². The predicted molar refractivity (Wildman–Crippen MR) is 73.2 cm³/mol. The fourth-order valence-corrected chi connectivity index (χ4v) is 2.15. The minimum Gasteiger partial charge on any atom is -0.287 e. The Kier molecular flexibility index (Phi) is 4.00. The van der Waals surface area contributed by atoms with Gasteiger partial charge in [-0.25, -0.2) is 22.8 Å². The molecular weight excluding hydrogens is 282 g/mol. The molecule has 0 saturated heterocycles. The van der Waals surface area contributed by atoms with Gasteiger partial charge in [0.25, 0.3) is 5.56 Å². The standard InChI is InChI=1S/C11H15N5O3S/c1-9-12-5-7-15(9)10-3-4-11(17)16(14-10)8-6-13-20(2,18)19/h3-5,7,13H,6,8H2,1-2H3. The second-order valence-electron chi connectivity index (χ2n) is 4.26. The molecule has 0 aliphatic rings. The minimum absolute atomic E-state index is 0.109. The first-order valence-electron chi connectivity index (χ1n) is 5.90. The fraction of sp³-hybridized carbons (Fsp3) is 0.364. The van der Waals surface area contributed by atoms with Gasteiger partial charge < -0.3 is 0 Å². The van der Waals surface area contributed by atoms with Crippen molar-refractivity contribution < 1.29 is 8.42 Å². The third-order valence-electron chi connectivity index (χ3n) is 2.61. The van der Waals surface area contributed by atoms with Crippen molar-refractivity contribution in [3.05, 3.63) is 40.7 Å². The van der Waals surface area contributed by atoms with Crippen LogP contribution in [-0.2, 0) is 16.6 Å². The van der Waals surface area contributed by atoms with E-state index < -0.39 is 10.0 Å². The number of nitrogens with one attached hydrogen (secondary N) is 1. The average molecular weight is 297 g/mol. The van der Waals surface area contributed by atoms with Crippen molar-refractivity contribution in [2.45, 2.75) is 13.5 Å². The number of aromatic nitrogens is 4. The maximum atomic E-state index is 11.7. The molecule has 0 saturated carbocycles. The topological polar surface area (TPSA) is 98.9 Å². The monoisotopic (exact) mass is 297 g/mol. The van der Waals surface area contributed by atoms with Gasteiger partial charge in [0.1, 0.15) is 5.82 Å². The molecule has 0 aromatic carbocycles. The van der Waals surface area contributed by atoms with Crippen LogP contribution in [0.1, 0.15) is 5.82 Å². The summed E-state index contributed by atoms with van der Waals surface area (Å²) in [4.78, 5) is 15.8.